The van der Waals surface area contributed by atoms with Gasteiger partial charge in [0, 0.05) is 11.9 Å². The van der Waals surface area contributed by atoms with Gasteiger partial charge in [-0.2, -0.15) is 0 Å². The first kappa shape index (κ1) is 11.8. The molecule has 2 rings (SSSR count). The van der Waals surface area contributed by atoms with Gasteiger partial charge in [0.05, 0.1) is 0 Å². The molecule has 0 radical (unpaired) electrons. The molecule has 2 aromatic carbocycles. The Labute approximate surface area is 95.4 Å². The zero-order chi connectivity index (χ0) is 9.80. The van der Waals surface area contributed by atoms with Crippen LogP contribution in [-0.2, 0) is 0 Å². The molecule has 0 aromatic heterocycles. The van der Waals surface area contributed by atoms with Crippen molar-refractivity contribution in [2.24, 2.45) is 5.73 Å². The molecule has 15 heavy (non-hydrogen) atoms. The highest BCUT2D eigenvalue weighted by Gasteiger charge is 1.99. The monoisotopic (exact) mass is 222 g/mol. The number of halogens is 1. The first-order valence-corrected chi connectivity index (χ1v) is 4.72. The number of fused-ring (bicyclic) bond motifs is 1. The number of benzene rings is 2. The van der Waals surface area contributed by atoms with Crippen LogP contribution in [0, 0.1) is 0 Å². The molecule has 0 atom stereocenters. The Morgan fingerprint density at radius 1 is 1.00 bits per heavy atom. The second-order valence-electron chi connectivity index (χ2n) is 3.11. The summed E-state index contributed by atoms with van der Waals surface area (Å²) < 4.78 is 5.54. The maximum Gasteiger partial charge on any atom is 0.127 e. The highest BCUT2D eigenvalue weighted by Crippen LogP contribution is 2.24. The number of hydrogen-bond acceptors (Lipinski definition) is 2. The number of ether oxygens (including phenoxy) is 1. The van der Waals surface area contributed by atoms with Gasteiger partial charge in [0.2, 0.25) is 0 Å². The second kappa shape index (κ2) is 5.59. The van der Waals surface area contributed by atoms with E-state index in [-0.39, 0.29) is 12.4 Å². The normalized spacial score (nSPS) is 9.67. The van der Waals surface area contributed by atoms with Crippen LogP contribution in [0.4, 0.5) is 0 Å². The number of rotatable bonds is 3. The molecule has 0 amide bonds. The lowest BCUT2D eigenvalue weighted by molar-refractivity contribution is -0.00000322. The minimum atomic E-state index is 0. The smallest absolute Gasteiger partial charge is 0.127 e. The van der Waals surface area contributed by atoms with Crippen molar-refractivity contribution in [1.82, 2.24) is 0 Å². The van der Waals surface area contributed by atoms with E-state index < -0.39 is 0 Å². The summed E-state index contributed by atoms with van der Waals surface area (Å²) in [7, 11) is 0. The first-order chi connectivity index (χ1) is 6.92. The quantitative estimate of drug-likeness (QED) is 0.737. The SMILES string of the molecule is NCCOc1cccc2ccccc12.[Cl-]. The molecule has 2 nitrogen and oxygen atoms in total. The number of hydrogen-bond donors (Lipinski definition) is 1. The molecule has 0 aliphatic heterocycles. The van der Waals surface area contributed by atoms with Crippen LogP contribution in [0.3, 0.4) is 0 Å². The average Bonchev–Trinajstić information content (AvgIpc) is 2.26. The van der Waals surface area contributed by atoms with E-state index in [1.807, 2.05) is 24.3 Å². The molecule has 0 aliphatic carbocycles. The Kier molecular flexibility index (Phi) is 4.40. The minimum Gasteiger partial charge on any atom is -1.00 e. The fourth-order valence-corrected chi connectivity index (χ4v) is 1.49. The predicted molar refractivity (Wildman–Crippen MR) is 58.5 cm³/mol. The molecule has 0 saturated carbocycles. The lowest BCUT2D eigenvalue weighted by Crippen LogP contribution is -3.00. The topological polar surface area (TPSA) is 35.2 Å². The third-order valence-electron chi connectivity index (χ3n) is 2.13. The van der Waals surface area contributed by atoms with Crippen molar-refractivity contribution in [2.45, 2.75) is 0 Å². The lowest BCUT2D eigenvalue weighted by atomic mass is 10.1. The third kappa shape index (κ3) is 2.61. The van der Waals surface area contributed by atoms with E-state index in [1.54, 1.807) is 0 Å². The van der Waals surface area contributed by atoms with Crippen LogP contribution in [0.5, 0.6) is 5.75 Å². The van der Waals surface area contributed by atoms with E-state index in [9.17, 15) is 0 Å². The van der Waals surface area contributed by atoms with Crippen molar-refractivity contribution >= 4 is 10.8 Å². The molecule has 0 fully saturated rings. The molecule has 80 valence electrons. The summed E-state index contributed by atoms with van der Waals surface area (Å²) in [5, 5.41) is 2.34. The van der Waals surface area contributed by atoms with Crippen LogP contribution < -0.4 is 22.9 Å². The largest absolute Gasteiger partial charge is 1.00 e. The van der Waals surface area contributed by atoms with Gasteiger partial charge in [-0.3, -0.25) is 0 Å². The van der Waals surface area contributed by atoms with Crippen LogP contribution in [0.2, 0.25) is 0 Å². The Morgan fingerprint density at radius 3 is 2.53 bits per heavy atom. The van der Waals surface area contributed by atoms with Gasteiger partial charge in [-0.1, -0.05) is 36.4 Å². The maximum absolute atomic E-state index is 5.54. The van der Waals surface area contributed by atoms with Gasteiger partial charge in [-0.25, -0.2) is 0 Å². The lowest BCUT2D eigenvalue weighted by Gasteiger charge is -2.07. The second-order valence-corrected chi connectivity index (χ2v) is 3.11. The van der Waals surface area contributed by atoms with E-state index in [4.69, 9.17) is 10.5 Å². The molecule has 0 heterocycles. The van der Waals surface area contributed by atoms with Gasteiger partial charge in [0.1, 0.15) is 12.4 Å². The Balaban J connectivity index is 0.00000112. The zero-order valence-electron chi connectivity index (χ0n) is 8.32. The number of nitrogens with two attached hydrogens (primary N) is 1. The van der Waals surface area contributed by atoms with Gasteiger partial charge >= 0.3 is 0 Å². The zero-order valence-corrected chi connectivity index (χ0v) is 9.08. The van der Waals surface area contributed by atoms with Crippen LogP contribution in [0.15, 0.2) is 42.5 Å². The molecule has 0 unspecified atom stereocenters. The molecule has 3 heteroatoms. The Bertz CT molecular complexity index is 425. The van der Waals surface area contributed by atoms with Gasteiger partial charge < -0.3 is 22.9 Å². The summed E-state index contributed by atoms with van der Waals surface area (Å²) in [5.41, 5.74) is 5.40. The molecule has 0 saturated heterocycles. The highest BCUT2D eigenvalue weighted by atomic mass is 35.5. The molecule has 2 N–H and O–H groups in total. The van der Waals surface area contributed by atoms with Crippen molar-refractivity contribution in [3.05, 3.63) is 42.5 Å². The summed E-state index contributed by atoms with van der Waals surface area (Å²) in [4.78, 5) is 0. The van der Waals surface area contributed by atoms with Gasteiger partial charge in [-0.05, 0) is 11.5 Å². The summed E-state index contributed by atoms with van der Waals surface area (Å²) in [6.07, 6.45) is 0. The molecular formula is C12H13ClNO-. The van der Waals surface area contributed by atoms with Gasteiger partial charge in [-0.15, -0.1) is 0 Å². The average molecular weight is 223 g/mol. The molecule has 0 bridgehead atoms. The van der Waals surface area contributed by atoms with E-state index >= 15 is 0 Å². The molecule has 0 spiro atoms. The highest BCUT2D eigenvalue weighted by molar-refractivity contribution is 5.88. The van der Waals surface area contributed by atoms with Crippen molar-refractivity contribution in [2.75, 3.05) is 13.2 Å². The van der Waals surface area contributed by atoms with Crippen LogP contribution in [-0.4, -0.2) is 13.2 Å². The van der Waals surface area contributed by atoms with Crippen molar-refractivity contribution in [1.29, 1.82) is 0 Å². The van der Waals surface area contributed by atoms with Crippen molar-refractivity contribution < 1.29 is 17.1 Å². The van der Waals surface area contributed by atoms with E-state index in [1.165, 1.54) is 5.39 Å². The third-order valence-corrected chi connectivity index (χ3v) is 2.13. The van der Waals surface area contributed by atoms with Crippen molar-refractivity contribution in [3.8, 4) is 5.75 Å². The van der Waals surface area contributed by atoms with Gasteiger partial charge in [0.25, 0.3) is 0 Å². The summed E-state index contributed by atoms with van der Waals surface area (Å²) >= 11 is 0. The summed E-state index contributed by atoms with van der Waals surface area (Å²) in [5.74, 6) is 0.911. The summed E-state index contributed by atoms with van der Waals surface area (Å²) in [6.45, 7) is 1.11. The Hall–Kier alpha value is -1.25. The molecule has 0 aliphatic rings. The fourth-order valence-electron chi connectivity index (χ4n) is 1.49. The Morgan fingerprint density at radius 2 is 1.73 bits per heavy atom. The predicted octanol–water partition coefficient (Wildman–Crippen LogP) is -0.819. The maximum atomic E-state index is 5.54. The standard InChI is InChI=1S/C12H13NO.ClH/c13-8-9-14-12-7-3-5-10-4-1-2-6-11(10)12;/h1-7H,8-9,13H2;1H/p-1. The van der Waals surface area contributed by atoms with Gasteiger partial charge in [0.15, 0.2) is 0 Å². The van der Waals surface area contributed by atoms with E-state index in [0.29, 0.717) is 13.2 Å². The van der Waals surface area contributed by atoms with Crippen LogP contribution in [0.1, 0.15) is 0 Å². The van der Waals surface area contributed by atoms with Crippen LogP contribution in [0.25, 0.3) is 10.8 Å². The van der Waals surface area contributed by atoms with Crippen molar-refractivity contribution in [3.63, 3.8) is 0 Å². The van der Waals surface area contributed by atoms with E-state index in [2.05, 4.69) is 18.2 Å². The first-order valence-electron chi connectivity index (χ1n) is 4.72. The summed E-state index contributed by atoms with van der Waals surface area (Å²) in [6, 6.07) is 14.2. The fraction of sp³-hybridized carbons (Fsp3) is 0.167. The molecular weight excluding hydrogens is 210 g/mol. The van der Waals surface area contributed by atoms with Crippen LogP contribution >= 0.6 is 0 Å². The van der Waals surface area contributed by atoms with E-state index in [0.717, 1.165) is 11.1 Å². The molecule has 2 aromatic rings. The minimum absolute atomic E-state index is 0.